The second kappa shape index (κ2) is 7.05. The molecule has 1 heterocycles. The molecule has 1 saturated heterocycles. The standard InChI is InChI=1S/C21H25NO3S/c23-26(24,15-17-6-2-1-3-7-17)16-18-8-4-9-19(12-18)22-20-13-21(25-14-20)10-5-11-21/h1-4,6-9,12,20,22H,5,10-11,13-16H2. The molecule has 1 aliphatic heterocycles. The Morgan fingerprint density at radius 2 is 1.73 bits per heavy atom. The minimum absolute atomic E-state index is 0.0581. The number of hydrogen-bond donors (Lipinski definition) is 1. The number of rotatable bonds is 6. The number of nitrogens with one attached hydrogen (secondary N) is 1. The molecule has 0 amide bonds. The van der Waals surface area contributed by atoms with Crippen molar-refractivity contribution in [1.29, 1.82) is 0 Å². The summed E-state index contributed by atoms with van der Waals surface area (Å²) in [6.07, 6.45) is 4.65. The van der Waals surface area contributed by atoms with Crippen LogP contribution in [0.25, 0.3) is 0 Å². The Bertz CT molecular complexity index is 860. The number of hydrogen-bond acceptors (Lipinski definition) is 4. The van der Waals surface area contributed by atoms with Gasteiger partial charge in [0.2, 0.25) is 0 Å². The van der Waals surface area contributed by atoms with Gasteiger partial charge in [0, 0.05) is 5.69 Å². The molecule has 0 radical (unpaired) electrons. The molecule has 2 fully saturated rings. The van der Waals surface area contributed by atoms with Crippen LogP contribution in [0.5, 0.6) is 0 Å². The molecule has 1 spiro atoms. The van der Waals surface area contributed by atoms with Crippen molar-refractivity contribution >= 4 is 15.5 Å². The minimum Gasteiger partial charge on any atom is -0.380 e. The maximum Gasteiger partial charge on any atom is 0.158 e. The van der Waals surface area contributed by atoms with E-state index in [4.69, 9.17) is 4.74 Å². The van der Waals surface area contributed by atoms with Crippen molar-refractivity contribution in [1.82, 2.24) is 0 Å². The van der Waals surface area contributed by atoms with Crippen LogP contribution in [0.4, 0.5) is 5.69 Å². The average Bonchev–Trinajstić information content (AvgIpc) is 3.00. The predicted molar refractivity (Wildman–Crippen MR) is 104 cm³/mol. The van der Waals surface area contributed by atoms with E-state index in [0.717, 1.165) is 29.8 Å². The molecular weight excluding hydrogens is 346 g/mol. The topological polar surface area (TPSA) is 55.4 Å². The largest absolute Gasteiger partial charge is 0.380 e. The summed E-state index contributed by atoms with van der Waals surface area (Å²) in [6, 6.07) is 17.4. The molecule has 5 heteroatoms. The lowest BCUT2D eigenvalue weighted by Gasteiger charge is -2.37. The zero-order chi connectivity index (χ0) is 18.0. The lowest BCUT2D eigenvalue weighted by Crippen LogP contribution is -2.36. The quantitative estimate of drug-likeness (QED) is 0.836. The lowest BCUT2D eigenvalue weighted by atomic mass is 9.77. The van der Waals surface area contributed by atoms with Crippen LogP contribution in [-0.2, 0) is 26.1 Å². The van der Waals surface area contributed by atoms with Gasteiger partial charge in [0.05, 0.1) is 29.8 Å². The fraction of sp³-hybridized carbons (Fsp3) is 0.429. The van der Waals surface area contributed by atoms with Crippen molar-refractivity contribution in [3.05, 3.63) is 65.7 Å². The first kappa shape index (κ1) is 17.6. The van der Waals surface area contributed by atoms with Crippen LogP contribution >= 0.6 is 0 Å². The molecule has 1 atom stereocenters. The Kier molecular flexibility index (Phi) is 4.76. The molecular formula is C21H25NO3S. The van der Waals surface area contributed by atoms with Gasteiger partial charge in [-0.2, -0.15) is 0 Å². The van der Waals surface area contributed by atoms with Gasteiger partial charge in [-0.05, 0) is 48.9 Å². The highest BCUT2D eigenvalue weighted by Crippen LogP contribution is 2.43. The number of ether oxygens (including phenoxy) is 1. The number of sulfone groups is 1. The third kappa shape index (κ3) is 4.10. The van der Waals surface area contributed by atoms with Crippen LogP contribution in [0.1, 0.15) is 36.8 Å². The maximum absolute atomic E-state index is 12.5. The summed E-state index contributed by atoms with van der Waals surface area (Å²) in [5, 5.41) is 3.52. The summed E-state index contributed by atoms with van der Waals surface area (Å²) < 4.78 is 31.0. The monoisotopic (exact) mass is 371 g/mol. The number of anilines is 1. The Balaban J connectivity index is 1.39. The van der Waals surface area contributed by atoms with Gasteiger partial charge in [0.25, 0.3) is 0 Å². The first-order valence-corrected chi connectivity index (χ1v) is 11.1. The van der Waals surface area contributed by atoms with E-state index >= 15 is 0 Å². The molecule has 0 bridgehead atoms. The van der Waals surface area contributed by atoms with E-state index in [1.54, 1.807) is 0 Å². The fourth-order valence-corrected chi connectivity index (χ4v) is 5.47. The molecule has 1 N–H and O–H groups in total. The summed E-state index contributed by atoms with van der Waals surface area (Å²) in [5.41, 5.74) is 2.75. The van der Waals surface area contributed by atoms with Crippen molar-refractivity contribution in [2.45, 2.75) is 48.8 Å². The van der Waals surface area contributed by atoms with Crippen LogP contribution in [0.2, 0.25) is 0 Å². The average molecular weight is 372 g/mol. The smallest absolute Gasteiger partial charge is 0.158 e. The van der Waals surface area contributed by atoms with Gasteiger partial charge in [0.1, 0.15) is 0 Å². The van der Waals surface area contributed by atoms with Gasteiger partial charge in [0.15, 0.2) is 9.84 Å². The normalized spacial score (nSPS) is 21.5. The van der Waals surface area contributed by atoms with Crippen molar-refractivity contribution in [3.8, 4) is 0 Å². The summed E-state index contributed by atoms with van der Waals surface area (Å²) in [7, 11) is -3.20. The fourth-order valence-electron chi connectivity index (χ4n) is 3.98. The van der Waals surface area contributed by atoms with Crippen molar-refractivity contribution in [2.75, 3.05) is 11.9 Å². The SMILES string of the molecule is O=S(=O)(Cc1ccccc1)Cc1cccc(NC2COC3(CCC3)C2)c1. The van der Waals surface area contributed by atoms with Crippen LogP contribution in [0, 0.1) is 0 Å². The van der Waals surface area contributed by atoms with Gasteiger partial charge < -0.3 is 10.1 Å². The highest BCUT2D eigenvalue weighted by Gasteiger charge is 2.44. The molecule has 2 aromatic rings. The highest BCUT2D eigenvalue weighted by atomic mass is 32.2. The van der Waals surface area contributed by atoms with Crippen LogP contribution in [-0.4, -0.2) is 26.7 Å². The Hall–Kier alpha value is -1.85. The van der Waals surface area contributed by atoms with Crippen LogP contribution in [0.15, 0.2) is 54.6 Å². The second-order valence-corrected chi connectivity index (χ2v) is 9.68. The van der Waals surface area contributed by atoms with E-state index in [2.05, 4.69) is 5.32 Å². The Labute approximate surface area is 155 Å². The molecule has 138 valence electrons. The summed E-state index contributed by atoms with van der Waals surface area (Å²) in [5.74, 6) is 0.132. The highest BCUT2D eigenvalue weighted by molar-refractivity contribution is 7.89. The Morgan fingerprint density at radius 3 is 2.42 bits per heavy atom. The predicted octanol–water partition coefficient (Wildman–Crippen LogP) is 3.93. The maximum atomic E-state index is 12.5. The van der Waals surface area contributed by atoms with E-state index in [1.165, 1.54) is 19.3 Å². The molecule has 2 aliphatic rings. The third-order valence-electron chi connectivity index (χ3n) is 5.39. The summed E-state index contributed by atoms with van der Waals surface area (Å²) in [6.45, 7) is 0.733. The van der Waals surface area contributed by atoms with Gasteiger partial charge in [-0.3, -0.25) is 0 Å². The zero-order valence-electron chi connectivity index (χ0n) is 14.9. The molecule has 2 aromatic carbocycles. The molecule has 1 saturated carbocycles. The molecule has 1 unspecified atom stereocenters. The Morgan fingerprint density at radius 1 is 1.00 bits per heavy atom. The molecule has 26 heavy (non-hydrogen) atoms. The third-order valence-corrected chi connectivity index (χ3v) is 6.93. The van der Waals surface area contributed by atoms with Crippen molar-refractivity contribution in [2.24, 2.45) is 0 Å². The first-order valence-electron chi connectivity index (χ1n) is 9.26. The van der Waals surface area contributed by atoms with Gasteiger partial charge >= 0.3 is 0 Å². The van der Waals surface area contributed by atoms with Gasteiger partial charge in [-0.15, -0.1) is 0 Å². The summed E-state index contributed by atoms with van der Waals surface area (Å²) in [4.78, 5) is 0. The minimum atomic E-state index is -3.20. The van der Waals surface area contributed by atoms with Gasteiger partial charge in [-0.1, -0.05) is 42.5 Å². The van der Waals surface area contributed by atoms with E-state index < -0.39 is 9.84 Å². The van der Waals surface area contributed by atoms with Crippen LogP contribution < -0.4 is 5.32 Å². The van der Waals surface area contributed by atoms with E-state index in [-0.39, 0.29) is 17.1 Å². The summed E-state index contributed by atoms with van der Waals surface area (Å²) >= 11 is 0. The van der Waals surface area contributed by atoms with Crippen LogP contribution in [0.3, 0.4) is 0 Å². The van der Waals surface area contributed by atoms with Gasteiger partial charge in [-0.25, -0.2) is 8.42 Å². The van der Waals surface area contributed by atoms with Crippen molar-refractivity contribution in [3.63, 3.8) is 0 Å². The first-order chi connectivity index (χ1) is 12.5. The van der Waals surface area contributed by atoms with E-state index in [9.17, 15) is 8.42 Å². The molecule has 1 aliphatic carbocycles. The lowest BCUT2D eigenvalue weighted by molar-refractivity contribution is -0.0562. The van der Waals surface area contributed by atoms with E-state index in [1.807, 2.05) is 54.6 Å². The van der Waals surface area contributed by atoms with E-state index in [0.29, 0.717) is 6.04 Å². The zero-order valence-corrected chi connectivity index (χ0v) is 15.7. The molecule has 4 nitrogen and oxygen atoms in total. The van der Waals surface area contributed by atoms with Crippen molar-refractivity contribution < 1.29 is 13.2 Å². The second-order valence-electron chi connectivity index (χ2n) is 7.61. The molecule has 4 rings (SSSR count). The molecule has 0 aromatic heterocycles. The number of benzene rings is 2.